The molecule has 0 spiro atoms. The molecule has 1 fully saturated rings. The number of halogens is 1. The average molecular weight is 296 g/mol. The van der Waals surface area contributed by atoms with Crippen LogP contribution in [0.5, 0.6) is 0 Å². The van der Waals surface area contributed by atoms with Gasteiger partial charge >= 0.3 is 0 Å². The fraction of sp³-hybridized carbons (Fsp3) is 0.667. The molecule has 4 nitrogen and oxygen atoms in total. The highest BCUT2D eigenvalue weighted by atomic mass is 35.5. The third-order valence-electron chi connectivity index (χ3n) is 3.80. The molecule has 1 aromatic heterocycles. The minimum Gasteiger partial charge on any atom is -0.334 e. The number of aromatic nitrogens is 2. The summed E-state index contributed by atoms with van der Waals surface area (Å²) >= 11 is 5.84. The molecule has 1 saturated carbocycles. The smallest absolute Gasteiger partial charge is 0.274 e. The number of carbonyl (C=O) groups is 1. The van der Waals surface area contributed by atoms with E-state index < -0.39 is 0 Å². The standard InChI is InChI=1S/C15H22ClN3O/c1-11(2)7-8-19(12-5-3-4-6-12)15(20)13-9-17-10-14(16)18-13/h9-12H,3-8H2,1-2H3. The number of rotatable bonds is 5. The van der Waals surface area contributed by atoms with E-state index in [4.69, 9.17) is 11.6 Å². The van der Waals surface area contributed by atoms with Crippen molar-refractivity contribution in [2.24, 2.45) is 5.92 Å². The Bertz CT molecular complexity index is 458. The van der Waals surface area contributed by atoms with Gasteiger partial charge in [-0.2, -0.15) is 0 Å². The summed E-state index contributed by atoms with van der Waals surface area (Å²) in [7, 11) is 0. The molecule has 2 rings (SSSR count). The Morgan fingerprint density at radius 3 is 2.70 bits per heavy atom. The van der Waals surface area contributed by atoms with Crippen LogP contribution in [-0.4, -0.2) is 33.4 Å². The van der Waals surface area contributed by atoms with Crippen LogP contribution in [0.15, 0.2) is 12.4 Å². The Kier molecular flexibility index (Phi) is 5.35. The van der Waals surface area contributed by atoms with Crippen LogP contribution in [0.1, 0.15) is 56.4 Å². The zero-order chi connectivity index (χ0) is 14.5. The molecule has 1 aromatic rings. The molecule has 0 unspecified atom stereocenters. The monoisotopic (exact) mass is 295 g/mol. The molecule has 5 heteroatoms. The van der Waals surface area contributed by atoms with E-state index in [0.717, 1.165) is 25.8 Å². The maximum absolute atomic E-state index is 12.7. The first-order valence-electron chi connectivity index (χ1n) is 7.36. The lowest BCUT2D eigenvalue weighted by Crippen LogP contribution is -2.40. The number of carbonyl (C=O) groups excluding carboxylic acids is 1. The van der Waals surface area contributed by atoms with Gasteiger partial charge < -0.3 is 4.90 Å². The van der Waals surface area contributed by atoms with Gasteiger partial charge in [0.2, 0.25) is 0 Å². The van der Waals surface area contributed by atoms with Crippen molar-refractivity contribution in [1.82, 2.24) is 14.9 Å². The molecule has 1 amide bonds. The average Bonchev–Trinajstić information content (AvgIpc) is 2.92. The second-order valence-electron chi connectivity index (χ2n) is 5.85. The molecule has 1 heterocycles. The van der Waals surface area contributed by atoms with E-state index in [2.05, 4.69) is 23.8 Å². The molecule has 1 aliphatic carbocycles. The van der Waals surface area contributed by atoms with E-state index in [9.17, 15) is 4.79 Å². The number of hydrogen-bond donors (Lipinski definition) is 0. The first-order chi connectivity index (χ1) is 9.58. The topological polar surface area (TPSA) is 46.1 Å². The molecule has 1 aliphatic rings. The van der Waals surface area contributed by atoms with E-state index in [1.54, 1.807) is 0 Å². The van der Waals surface area contributed by atoms with Crippen molar-refractivity contribution in [3.63, 3.8) is 0 Å². The van der Waals surface area contributed by atoms with E-state index in [-0.39, 0.29) is 11.1 Å². The van der Waals surface area contributed by atoms with Gasteiger partial charge in [-0.1, -0.05) is 38.3 Å². The Morgan fingerprint density at radius 1 is 1.40 bits per heavy atom. The highest BCUT2D eigenvalue weighted by molar-refractivity contribution is 6.29. The van der Waals surface area contributed by atoms with Gasteiger partial charge in [-0.3, -0.25) is 9.78 Å². The molecule has 0 bridgehead atoms. The van der Waals surface area contributed by atoms with Crippen molar-refractivity contribution in [2.45, 2.75) is 52.0 Å². The lowest BCUT2D eigenvalue weighted by atomic mass is 10.1. The second kappa shape index (κ2) is 7.02. The van der Waals surface area contributed by atoms with E-state index >= 15 is 0 Å². The summed E-state index contributed by atoms with van der Waals surface area (Å²) in [5, 5.41) is 0.270. The van der Waals surface area contributed by atoms with Gasteiger partial charge in [0.1, 0.15) is 10.8 Å². The largest absolute Gasteiger partial charge is 0.334 e. The van der Waals surface area contributed by atoms with Crippen LogP contribution < -0.4 is 0 Å². The third kappa shape index (κ3) is 3.92. The molecule has 0 atom stereocenters. The molecular formula is C15H22ClN3O. The minimum atomic E-state index is -0.0347. The fourth-order valence-corrected chi connectivity index (χ4v) is 2.80. The van der Waals surface area contributed by atoms with E-state index in [0.29, 0.717) is 17.7 Å². The summed E-state index contributed by atoms with van der Waals surface area (Å²) in [4.78, 5) is 22.7. The summed E-state index contributed by atoms with van der Waals surface area (Å²) in [6.07, 6.45) is 8.57. The maximum Gasteiger partial charge on any atom is 0.274 e. The summed E-state index contributed by atoms with van der Waals surface area (Å²) in [6.45, 7) is 5.14. The summed E-state index contributed by atoms with van der Waals surface area (Å²) in [6, 6.07) is 0.349. The van der Waals surface area contributed by atoms with Crippen LogP contribution in [0.2, 0.25) is 5.15 Å². The van der Waals surface area contributed by atoms with Crippen molar-refractivity contribution in [3.05, 3.63) is 23.2 Å². The molecule has 0 aliphatic heterocycles. The van der Waals surface area contributed by atoms with E-state index in [1.807, 2.05) is 4.90 Å². The number of amides is 1. The van der Waals surface area contributed by atoms with Crippen molar-refractivity contribution in [1.29, 1.82) is 0 Å². The van der Waals surface area contributed by atoms with Gasteiger partial charge in [0.25, 0.3) is 5.91 Å². The van der Waals surface area contributed by atoms with Crippen molar-refractivity contribution in [2.75, 3.05) is 6.54 Å². The van der Waals surface area contributed by atoms with E-state index in [1.165, 1.54) is 25.2 Å². The number of nitrogens with zero attached hydrogens (tertiary/aromatic N) is 3. The lowest BCUT2D eigenvalue weighted by molar-refractivity contribution is 0.0665. The Balaban J connectivity index is 2.14. The van der Waals surface area contributed by atoms with Crippen molar-refractivity contribution in [3.8, 4) is 0 Å². The van der Waals surface area contributed by atoms with Crippen molar-refractivity contribution < 1.29 is 4.79 Å². The molecular weight excluding hydrogens is 274 g/mol. The quantitative estimate of drug-likeness (QED) is 0.834. The van der Waals surface area contributed by atoms with Crippen LogP contribution >= 0.6 is 11.6 Å². The van der Waals surface area contributed by atoms with Crippen LogP contribution in [0.4, 0.5) is 0 Å². The van der Waals surface area contributed by atoms with Gasteiger partial charge in [0.15, 0.2) is 0 Å². The summed E-state index contributed by atoms with van der Waals surface area (Å²) in [5.74, 6) is 0.546. The van der Waals surface area contributed by atoms with Gasteiger partial charge in [-0.15, -0.1) is 0 Å². The van der Waals surface area contributed by atoms with Gasteiger partial charge in [0, 0.05) is 12.6 Å². The predicted molar refractivity (Wildman–Crippen MR) is 79.8 cm³/mol. The normalized spacial score (nSPS) is 15.8. The maximum atomic E-state index is 12.7. The Hall–Kier alpha value is -1.16. The number of hydrogen-bond acceptors (Lipinski definition) is 3. The van der Waals surface area contributed by atoms with Crippen LogP contribution in [0, 0.1) is 5.92 Å². The molecule has 20 heavy (non-hydrogen) atoms. The first-order valence-corrected chi connectivity index (χ1v) is 7.74. The first kappa shape index (κ1) is 15.2. The van der Waals surface area contributed by atoms with Crippen LogP contribution in [0.25, 0.3) is 0 Å². The molecule has 110 valence electrons. The SMILES string of the molecule is CC(C)CCN(C(=O)c1cncc(Cl)n1)C1CCCC1. The zero-order valence-electron chi connectivity index (χ0n) is 12.2. The third-order valence-corrected chi connectivity index (χ3v) is 3.98. The zero-order valence-corrected chi connectivity index (χ0v) is 12.9. The summed E-state index contributed by atoms with van der Waals surface area (Å²) < 4.78 is 0. The van der Waals surface area contributed by atoms with Crippen LogP contribution in [-0.2, 0) is 0 Å². The predicted octanol–water partition coefficient (Wildman–Crippen LogP) is 3.56. The highest BCUT2D eigenvalue weighted by Crippen LogP contribution is 2.25. The van der Waals surface area contributed by atoms with Crippen molar-refractivity contribution >= 4 is 17.5 Å². The second-order valence-corrected chi connectivity index (χ2v) is 6.23. The van der Waals surface area contributed by atoms with Gasteiger partial charge in [-0.25, -0.2) is 4.98 Å². The Labute approximate surface area is 125 Å². The molecule has 0 aromatic carbocycles. The molecule has 0 N–H and O–H groups in total. The van der Waals surface area contributed by atoms with Gasteiger partial charge in [0.05, 0.1) is 12.4 Å². The molecule has 0 radical (unpaired) electrons. The summed E-state index contributed by atoms with van der Waals surface area (Å²) in [5.41, 5.74) is 0.355. The Morgan fingerprint density at radius 2 is 2.10 bits per heavy atom. The van der Waals surface area contributed by atoms with Gasteiger partial charge in [-0.05, 0) is 25.2 Å². The lowest BCUT2D eigenvalue weighted by Gasteiger charge is -2.29. The highest BCUT2D eigenvalue weighted by Gasteiger charge is 2.28. The minimum absolute atomic E-state index is 0.0347. The fourth-order valence-electron chi connectivity index (χ4n) is 2.66. The van der Waals surface area contributed by atoms with Crippen LogP contribution in [0.3, 0.4) is 0 Å². The molecule has 0 saturated heterocycles.